The summed E-state index contributed by atoms with van der Waals surface area (Å²) in [5.74, 6) is -1.52. The van der Waals surface area contributed by atoms with Crippen LogP contribution < -0.4 is 5.73 Å². The van der Waals surface area contributed by atoms with Crippen molar-refractivity contribution < 1.29 is 14.7 Å². The Bertz CT molecular complexity index is 572. The van der Waals surface area contributed by atoms with Gasteiger partial charge in [0.25, 0.3) is 0 Å². The third-order valence-corrected chi connectivity index (χ3v) is 2.35. The molecule has 1 aromatic carbocycles. The predicted octanol–water partition coefficient (Wildman–Crippen LogP) is 0.825. The molecule has 16 heavy (non-hydrogen) atoms. The molecule has 1 amide bonds. The molecule has 0 bridgehead atoms. The first-order chi connectivity index (χ1) is 7.59. The zero-order valence-corrected chi connectivity index (χ0v) is 8.38. The fraction of sp³-hybridized carbons (Fsp3) is 0.0909. The molecule has 0 radical (unpaired) electrons. The van der Waals surface area contributed by atoms with Crippen LogP contribution in [0.4, 0.5) is 0 Å². The molecule has 0 fully saturated rings. The van der Waals surface area contributed by atoms with E-state index in [0.29, 0.717) is 5.52 Å². The lowest BCUT2D eigenvalue weighted by Gasteiger charge is -2.04. The highest BCUT2D eigenvalue weighted by molar-refractivity contribution is 6.02. The van der Waals surface area contributed by atoms with Crippen LogP contribution in [-0.4, -0.2) is 21.6 Å². The van der Waals surface area contributed by atoms with Crippen molar-refractivity contribution in [3.8, 4) is 0 Å². The minimum atomic E-state index is -1.02. The second-order valence-electron chi connectivity index (χ2n) is 3.46. The maximum absolute atomic E-state index is 11.0. The predicted molar refractivity (Wildman–Crippen MR) is 58.1 cm³/mol. The molecule has 0 saturated carbocycles. The van der Waals surface area contributed by atoms with Crippen LogP contribution >= 0.6 is 0 Å². The van der Waals surface area contributed by atoms with Gasteiger partial charge in [-0.2, -0.15) is 0 Å². The van der Waals surface area contributed by atoms with Crippen molar-refractivity contribution in [2.75, 3.05) is 0 Å². The van der Waals surface area contributed by atoms with E-state index in [0.717, 1.165) is 5.39 Å². The number of nitrogens with zero attached hydrogens (tertiary/aromatic N) is 1. The van der Waals surface area contributed by atoms with Gasteiger partial charge >= 0.3 is 5.97 Å². The quantitative estimate of drug-likeness (QED) is 0.799. The molecule has 0 aliphatic carbocycles. The second-order valence-corrected chi connectivity index (χ2v) is 3.46. The second kappa shape index (κ2) is 3.69. The number of benzene rings is 1. The van der Waals surface area contributed by atoms with E-state index in [4.69, 9.17) is 10.8 Å². The molecule has 0 unspecified atom stereocenters. The van der Waals surface area contributed by atoms with E-state index in [1.165, 1.54) is 6.07 Å². The monoisotopic (exact) mass is 218 g/mol. The van der Waals surface area contributed by atoms with Gasteiger partial charge in [0.05, 0.1) is 11.1 Å². The summed E-state index contributed by atoms with van der Waals surface area (Å²) in [6.45, 7) is -0.0200. The van der Waals surface area contributed by atoms with E-state index in [1.807, 2.05) is 0 Å². The molecular weight excluding hydrogens is 208 g/mol. The standard InChI is InChI=1S/C11H10N2O3/c12-9(14)6-13-5-4-7-2-1-3-8(10(7)13)11(15)16/h1-5H,6H2,(H2,12,14)(H,15,16). The zero-order chi connectivity index (χ0) is 11.7. The molecule has 5 nitrogen and oxygen atoms in total. The van der Waals surface area contributed by atoms with Gasteiger partial charge in [-0.25, -0.2) is 4.79 Å². The molecular formula is C11H10N2O3. The molecule has 0 aliphatic rings. The first-order valence-electron chi connectivity index (χ1n) is 4.69. The van der Waals surface area contributed by atoms with Gasteiger partial charge in [-0.3, -0.25) is 4.79 Å². The Labute approximate surface area is 91.1 Å². The van der Waals surface area contributed by atoms with Gasteiger partial charge in [0.1, 0.15) is 6.54 Å². The zero-order valence-electron chi connectivity index (χ0n) is 8.38. The number of carboxylic acid groups (broad SMARTS) is 1. The van der Waals surface area contributed by atoms with Crippen LogP contribution in [0.2, 0.25) is 0 Å². The lowest BCUT2D eigenvalue weighted by molar-refractivity contribution is -0.118. The number of carbonyl (C=O) groups is 2. The number of aromatic carboxylic acids is 1. The molecule has 0 atom stereocenters. The molecule has 2 rings (SSSR count). The number of amides is 1. The summed E-state index contributed by atoms with van der Waals surface area (Å²) in [5.41, 5.74) is 5.79. The number of rotatable bonds is 3. The Hall–Kier alpha value is -2.30. The van der Waals surface area contributed by atoms with Crippen LogP contribution in [0.1, 0.15) is 10.4 Å². The van der Waals surface area contributed by atoms with E-state index in [1.54, 1.807) is 29.0 Å². The van der Waals surface area contributed by atoms with Crippen molar-refractivity contribution >= 4 is 22.8 Å². The van der Waals surface area contributed by atoms with Crippen LogP contribution in [0.25, 0.3) is 10.9 Å². The summed E-state index contributed by atoms with van der Waals surface area (Å²) < 4.78 is 1.54. The van der Waals surface area contributed by atoms with Crippen LogP contribution in [0, 0.1) is 0 Å². The lowest BCUT2D eigenvalue weighted by Crippen LogP contribution is -2.18. The Balaban J connectivity index is 2.67. The summed E-state index contributed by atoms with van der Waals surface area (Å²) in [6, 6.07) is 6.71. The summed E-state index contributed by atoms with van der Waals surface area (Å²) >= 11 is 0. The number of para-hydroxylation sites is 1. The largest absolute Gasteiger partial charge is 0.478 e. The van der Waals surface area contributed by atoms with Gasteiger partial charge in [-0.1, -0.05) is 12.1 Å². The number of primary amides is 1. The van der Waals surface area contributed by atoms with E-state index < -0.39 is 11.9 Å². The SMILES string of the molecule is NC(=O)Cn1ccc2cccc(C(=O)O)c21. The lowest BCUT2D eigenvalue weighted by atomic mass is 10.1. The third kappa shape index (κ3) is 1.63. The number of carbonyl (C=O) groups excluding carboxylic acids is 1. The first-order valence-corrected chi connectivity index (χ1v) is 4.69. The van der Waals surface area contributed by atoms with Gasteiger partial charge in [0.15, 0.2) is 0 Å². The molecule has 5 heteroatoms. The van der Waals surface area contributed by atoms with E-state index in [-0.39, 0.29) is 12.1 Å². The van der Waals surface area contributed by atoms with Crippen molar-refractivity contribution in [2.45, 2.75) is 6.54 Å². The third-order valence-electron chi connectivity index (χ3n) is 2.35. The maximum Gasteiger partial charge on any atom is 0.337 e. The normalized spacial score (nSPS) is 10.5. The molecule has 82 valence electrons. The summed E-state index contributed by atoms with van der Waals surface area (Å²) in [7, 11) is 0. The van der Waals surface area contributed by atoms with Crippen molar-refractivity contribution in [3.63, 3.8) is 0 Å². The molecule has 3 N–H and O–H groups in total. The number of hydrogen-bond donors (Lipinski definition) is 2. The molecule has 1 heterocycles. The fourth-order valence-electron chi connectivity index (χ4n) is 1.73. The minimum Gasteiger partial charge on any atom is -0.478 e. The van der Waals surface area contributed by atoms with Crippen LogP contribution in [0.3, 0.4) is 0 Å². The van der Waals surface area contributed by atoms with E-state index in [2.05, 4.69) is 0 Å². The van der Waals surface area contributed by atoms with Gasteiger partial charge < -0.3 is 15.4 Å². The topological polar surface area (TPSA) is 85.3 Å². The number of fused-ring (bicyclic) bond motifs is 1. The summed E-state index contributed by atoms with van der Waals surface area (Å²) in [4.78, 5) is 21.9. The van der Waals surface area contributed by atoms with Crippen LogP contribution in [0.5, 0.6) is 0 Å². The van der Waals surface area contributed by atoms with E-state index >= 15 is 0 Å². The Morgan fingerprint density at radius 2 is 2.06 bits per heavy atom. The first kappa shape index (κ1) is 10.2. The molecule has 2 aromatic rings. The Kier molecular flexibility index (Phi) is 2.36. The highest BCUT2D eigenvalue weighted by Gasteiger charge is 2.12. The molecule has 0 spiro atoms. The van der Waals surface area contributed by atoms with Crippen molar-refractivity contribution in [3.05, 3.63) is 36.0 Å². The summed E-state index contributed by atoms with van der Waals surface area (Å²) in [6.07, 6.45) is 1.65. The number of nitrogens with two attached hydrogens (primary N) is 1. The molecule has 1 aromatic heterocycles. The van der Waals surface area contributed by atoms with Gasteiger partial charge in [-0.15, -0.1) is 0 Å². The highest BCUT2D eigenvalue weighted by Crippen LogP contribution is 2.20. The smallest absolute Gasteiger partial charge is 0.337 e. The van der Waals surface area contributed by atoms with Crippen LogP contribution in [-0.2, 0) is 11.3 Å². The highest BCUT2D eigenvalue weighted by atomic mass is 16.4. The van der Waals surface area contributed by atoms with Crippen molar-refractivity contribution in [2.24, 2.45) is 5.73 Å². The Morgan fingerprint density at radius 3 is 2.69 bits per heavy atom. The van der Waals surface area contributed by atoms with Gasteiger partial charge in [0, 0.05) is 11.6 Å². The van der Waals surface area contributed by atoms with Crippen LogP contribution in [0.15, 0.2) is 30.5 Å². The summed E-state index contributed by atoms with van der Waals surface area (Å²) in [5, 5.41) is 9.81. The fourth-order valence-corrected chi connectivity index (χ4v) is 1.73. The Morgan fingerprint density at radius 1 is 1.31 bits per heavy atom. The average molecular weight is 218 g/mol. The number of carboxylic acids is 1. The molecule has 0 saturated heterocycles. The average Bonchev–Trinajstić information content (AvgIpc) is 2.60. The maximum atomic E-state index is 11.0. The number of hydrogen-bond acceptors (Lipinski definition) is 2. The van der Waals surface area contributed by atoms with Crippen molar-refractivity contribution in [1.29, 1.82) is 0 Å². The van der Waals surface area contributed by atoms with E-state index in [9.17, 15) is 9.59 Å². The number of aromatic nitrogens is 1. The van der Waals surface area contributed by atoms with Crippen molar-refractivity contribution in [1.82, 2.24) is 4.57 Å². The minimum absolute atomic E-state index is 0.0200. The van der Waals surface area contributed by atoms with Gasteiger partial charge in [0.2, 0.25) is 5.91 Å². The van der Waals surface area contributed by atoms with Gasteiger partial charge in [-0.05, 0) is 12.1 Å². The molecule has 0 aliphatic heterocycles.